The van der Waals surface area contributed by atoms with Crippen molar-refractivity contribution < 1.29 is 19.1 Å². The summed E-state index contributed by atoms with van der Waals surface area (Å²) in [6.45, 7) is 9.49. The Morgan fingerprint density at radius 1 is 0.974 bits per heavy atom. The smallest absolute Gasteiger partial charge is 0.249 e. The molecule has 39 heavy (non-hydrogen) atoms. The lowest BCUT2D eigenvalue weighted by Crippen LogP contribution is -2.50. The van der Waals surface area contributed by atoms with Gasteiger partial charge in [-0.2, -0.15) is 0 Å². The maximum Gasteiger partial charge on any atom is 0.249 e. The van der Waals surface area contributed by atoms with Gasteiger partial charge in [-0.3, -0.25) is 14.5 Å². The average Bonchev–Trinajstić information content (AvgIpc) is 3.27. The lowest BCUT2D eigenvalue weighted by atomic mass is 9.98. The SMILES string of the molecule is COc1cccc(C(C(=O)NC(C)(C)C)N(C(=O)Cn2nnc3ccccc32)c2cc(C)cc(C)c2)c1OC. The molecule has 3 aromatic carbocycles. The number of hydrogen-bond donors (Lipinski definition) is 1. The van der Waals surface area contributed by atoms with Crippen molar-refractivity contribution in [1.82, 2.24) is 20.3 Å². The minimum atomic E-state index is -1.07. The number of aromatic nitrogens is 3. The quantitative estimate of drug-likeness (QED) is 0.354. The number of rotatable bonds is 8. The Morgan fingerprint density at radius 3 is 2.31 bits per heavy atom. The van der Waals surface area contributed by atoms with Gasteiger partial charge in [-0.05, 0) is 76.1 Å². The zero-order valence-corrected chi connectivity index (χ0v) is 23.5. The number of carbonyl (C=O) groups is 2. The molecule has 1 aromatic heterocycles. The molecule has 0 spiro atoms. The first-order chi connectivity index (χ1) is 18.5. The van der Waals surface area contributed by atoms with Crippen LogP contribution >= 0.6 is 0 Å². The standard InChI is InChI=1S/C30H35N5O4/c1-19-15-20(2)17-21(16-19)35(26(36)18-34-24-13-9-8-12-23(24)32-33-34)27(29(37)31-30(3,4)5)22-11-10-14-25(38-6)28(22)39-7/h8-17,27H,18H2,1-7H3,(H,31,37). The number of methoxy groups -OCH3 is 2. The van der Waals surface area contributed by atoms with Crippen molar-refractivity contribution in [3.63, 3.8) is 0 Å². The molecule has 0 saturated heterocycles. The van der Waals surface area contributed by atoms with E-state index < -0.39 is 11.6 Å². The Labute approximate surface area is 228 Å². The molecule has 204 valence electrons. The monoisotopic (exact) mass is 529 g/mol. The molecule has 2 amide bonds. The first-order valence-electron chi connectivity index (χ1n) is 12.7. The molecule has 0 aliphatic heterocycles. The van der Waals surface area contributed by atoms with E-state index in [4.69, 9.17) is 9.47 Å². The van der Waals surface area contributed by atoms with Crippen LogP contribution in [-0.4, -0.2) is 46.6 Å². The van der Waals surface area contributed by atoms with Gasteiger partial charge in [-0.15, -0.1) is 5.10 Å². The Kier molecular flexibility index (Phi) is 7.90. The summed E-state index contributed by atoms with van der Waals surface area (Å²) in [5.74, 6) is 0.140. The summed E-state index contributed by atoms with van der Waals surface area (Å²) in [4.78, 5) is 29.9. The van der Waals surface area contributed by atoms with Crippen molar-refractivity contribution in [1.29, 1.82) is 0 Å². The lowest BCUT2D eigenvalue weighted by Gasteiger charge is -2.35. The van der Waals surface area contributed by atoms with Crippen molar-refractivity contribution in [2.24, 2.45) is 0 Å². The molecule has 0 aliphatic carbocycles. The third-order valence-corrected chi connectivity index (χ3v) is 6.19. The number of nitrogens with one attached hydrogen (secondary N) is 1. The van der Waals surface area contributed by atoms with E-state index in [1.807, 2.05) is 77.1 Å². The van der Waals surface area contributed by atoms with E-state index in [0.29, 0.717) is 28.3 Å². The molecule has 1 unspecified atom stereocenters. The first kappa shape index (κ1) is 27.6. The van der Waals surface area contributed by atoms with E-state index in [0.717, 1.165) is 16.6 Å². The predicted molar refractivity (Wildman–Crippen MR) is 151 cm³/mol. The molecule has 4 rings (SSSR count). The summed E-state index contributed by atoms with van der Waals surface area (Å²) < 4.78 is 12.8. The van der Waals surface area contributed by atoms with Crippen molar-refractivity contribution in [2.75, 3.05) is 19.1 Å². The van der Waals surface area contributed by atoms with E-state index in [9.17, 15) is 9.59 Å². The number of aryl methyl sites for hydroxylation is 2. The Bertz CT molecular complexity index is 1480. The third-order valence-electron chi connectivity index (χ3n) is 6.19. The molecule has 9 heteroatoms. The van der Waals surface area contributed by atoms with E-state index in [1.54, 1.807) is 22.9 Å². The van der Waals surface area contributed by atoms with Gasteiger partial charge in [0, 0.05) is 16.8 Å². The van der Waals surface area contributed by atoms with Gasteiger partial charge in [0.25, 0.3) is 0 Å². The van der Waals surface area contributed by atoms with Crippen LogP contribution in [0.3, 0.4) is 0 Å². The highest BCUT2D eigenvalue weighted by atomic mass is 16.5. The summed E-state index contributed by atoms with van der Waals surface area (Å²) in [5.41, 5.74) is 3.85. The fraction of sp³-hybridized carbons (Fsp3) is 0.333. The first-order valence-corrected chi connectivity index (χ1v) is 12.7. The number of para-hydroxylation sites is 2. The van der Waals surface area contributed by atoms with E-state index >= 15 is 0 Å². The fourth-order valence-electron chi connectivity index (χ4n) is 4.73. The number of nitrogens with zero attached hydrogens (tertiary/aromatic N) is 4. The van der Waals surface area contributed by atoms with E-state index in [1.165, 1.54) is 19.1 Å². The lowest BCUT2D eigenvalue weighted by molar-refractivity contribution is -0.128. The largest absolute Gasteiger partial charge is 0.493 e. The normalized spacial score (nSPS) is 12.2. The van der Waals surface area contributed by atoms with Gasteiger partial charge in [-0.25, -0.2) is 4.68 Å². The number of amides is 2. The molecule has 0 radical (unpaired) electrons. The number of benzene rings is 3. The third kappa shape index (κ3) is 6.03. The Morgan fingerprint density at radius 2 is 1.67 bits per heavy atom. The van der Waals surface area contributed by atoms with Crippen LogP contribution in [0.15, 0.2) is 60.7 Å². The molecule has 4 aromatic rings. The zero-order valence-electron chi connectivity index (χ0n) is 23.5. The number of carbonyl (C=O) groups excluding carboxylic acids is 2. The molecule has 0 fully saturated rings. The number of ether oxygens (including phenoxy) is 2. The molecular formula is C30H35N5O4. The summed E-state index contributed by atoms with van der Waals surface area (Å²) in [6, 6.07) is 17.5. The minimum absolute atomic E-state index is 0.126. The maximum absolute atomic E-state index is 14.3. The minimum Gasteiger partial charge on any atom is -0.493 e. The van der Waals surface area contributed by atoms with Crippen LogP contribution in [0.25, 0.3) is 11.0 Å². The van der Waals surface area contributed by atoms with Gasteiger partial charge in [-0.1, -0.05) is 35.5 Å². The second kappa shape index (κ2) is 11.1. The summed E-state index contributed by atoms with van der Waals surface area (Å²) >= 11 is 0. The highest BCUT2D eigenvalue weighted by Gasteiger charge is 2.37. The molecule has 0 bridgehead atoms. The molecule has 0 saturated carbocycles. The molecule has 1 N–H and O–H groups in total. The predicted octanol–water partition coefficient (Wildman–Crippen LogP) is 4.75. The van der Waals surface area contributed by atoms with Gasteiger partial charge < -0.3 is 14.8 Å². The van der Waals surface area contributed by atoms with Gasteiger partial charge in [0.2, 0.25) is 11.8 Å². The van der Waals surface area contributed by atoms with E-state index in [2.05, 4.69) is 15.6 Å². The highest BCUT2D eigenvalue weighted by molar-refractivity contribution is 6.02. The Hall–Kier alpha value is -4.40. The van der Waals surface area contributed by atoms with Gasteiger partial charge in [0.1, 0.15) is 18.1 Å². The van der Waals surface area contributed by atoms with Gasteiger partial charge >= 0.3 is 0 Å². The zero-order chi connectivity index (χ0) is 28.3. The van der Waals surface area contributed by atoms with Crippen LogP contribution < -0.4 is 19.7 Å². The number of anilines is 1. The van der Waals surface area contributed by atoms with Crippen LogP contribution in [0.1, 0.15) is 43.5 Å². The van der Waals surface area contributed by atoms with Crippen LogP contribution in [0.4, 0.5) is 5.69 Å². The summed E-state index contributed by atoms with van der Waals surface area (Å²) in [6.07, 6.45) is 0. The molecule has 0 aliphatic rings. The van der Waals surface area contributed by atoms with E-state index in [-0.39, 0.29) is 18.4 Å². The maximum atomic E-state index is 14.3. The van der Waals surface area contributed by atoms with Crippen LogP contribution in [-0.2, 0) is 16.1 Å². The molecular weight excluding hydrogens is 494 g/mol. The second-order valence-corrected chi connectivity index (χ2v) is 10.6. The number of fused-ring (bicyclic) bond motifs is 1. The Balaban J connectivity index is 1.93. The second-order valence-electron chi connectivity index (χ2n) is 10.6. The van der Waals surface area contributed by atoms with Gasteiger partial charge in [0.15, 0.2) is 11.5 Å². The summed E-state index contributed by atoms with van der Waals surface area (Å²) in [7, 11) is 3.05. The van der Waals surface area contributed by atoms with Crippen molar-refractivity contribution in [2.45, 2.75) is 52.7 Å². The van der Waals surface area contributed by atoms with Crippen molar-refractivity contribution in [3.05, 3.63) is 77.4 Å². The molecule has 9 nitrogen and oxygen atoms in total. The number of hydrogen-bond acceptors (Lipinski definition) is 6. The van der Waals surface area contributed by atoms with Crippen LogP contribution in [0.2, 0.25) is 0 Å². The molecule has 1 heterocycles. The molecule has 1 atom stereocenters. The van der Waals surface area contributed by atoms with Crippen molar-refractivity contribution in [3.8, 4) is 11.5 Å². The summed E-state index contributed by atoms with van der Waals surface area (Å²) in [5, 5.41) is 11.5. The van der Waals surface area contributed by atoms with Crippen LogP contribution in [0.5, 0.6) is 11.5 Å². The average molecular weight is 530 g/mol. The van der Waals surface area contributed by atoms with Crippen LogP contribution in [0, 0.1) is 13.8 Å². The highest BCUT2D eigenvalue weighted by Crippen LogP contribution is 2.39. The topological polar surface area (TPSA) is 98.6 Å². The van der Waals surface area contributed by atoms with Gasteiger partial charge in [0.05, 0.1) is 19.7 Å². The van der Waals surface area contributed by atoms with Crippen molar-refractivity contribution >= 4 is 28.5 Å². The fourth-order valence-corrected chi connectivity index (χ4v) is 4.73.